The average Bonchev–Trinajstić information content (AvgIpc) is 2.74. The summed E-state index contributed by atoms with van der Waals surface area (Å²) in [6.07, 6.45) is 3.36. The van der Waals surface area contributed by atoms with Crippen LogP contribution in [0.15, 0.2) is 0 Å². The van der Waals surface area contributed by atoms with Crippen molar-refractivity contribution in [2.75, 3.05) is 33.7 Å². The number of carbonyl (C=O) groups is 1. The summed E-state index contributed by atoms with van der Waals surface area (Å²) in [5.74, 6) is 0.574. The Bertz CT molecular complexity index is 280. The molecular weight excluding hydrogens is 214 g/mol. The Labute approximate surface area is 104 Å². The van der Waals surface area contributed by atoms with Crippen LogP contribution in [0.1, 0.15) is 26.2 Å². The van der Waals surface area contributed by atoms with Crippen molar-refractivity contribution in [2.45, 2.75) is 38.3 Å². The highest BCUT2D eigenvalue weighted by Gasteiger charge is 2.34. The van der Waals surface area contributed by atoms with Crippen molar-refractivity contribution in [2.24, 2.45) is 5.92 Å². The molecule has 2 fully saturated rings. The van der Waals surface area contributed by atoms with Gasteiger partial charge < -0.3 is 15.1 Å². The van der Waals surface area contributed by atoms with Gasteiger partial charge in [0.15, 0.2) is 0 Å². The van der Waals surface area contributed by atoms with E-state index in [0.717, 1.165) is 32.5 Å². The largest absolute Gasteiger partial charge is 0.341 e. The van der Waals surface area contributed by atoms with Gasteiger partial charge in [-0.15, -0.1) is 0 Å². The van der Waals surface area contributed by atoms with Crippen LogP contribution in [0.3, 0.4) is 0 Å². The standard InChI is InChI=1S/C13H25N3O/c1-10-12(6-7-14-10)13(17)16-8-4-5-11(9-16)15(2)3/h10-12,14H,4-9H2,1-3H3. The van der Waals surface area contributed by atoms with Gasteiger partial charge in [0.1, 0.15) is 0 Å². The Balaban J connectivity index is 1.94. The summed E-state index contributed by atoms with van der Waals surface area (Å²) in [4.78, 5) is 16.8. The Morgan fingerprint density at radius 3 is 2.71 bits per heavy atom. The normalized spacial score (nSPS) is 34.4. The van der Waals surface area contributed by atoms with Gasteiger partial charge in [-0.25, -0.2) is 0 Å². The first kappa shape index (κ1) is 12.8. The SMILES string of the molecule is CC1NCCC1C(=O)N1CCCC(N(C)C)C1. The maximum absolute atomic E-state index is 12.4. The fourth-order valence-electron chi connectivity index (χ4n) is 3.01. The average molecular weight is 239 g/mol. The molecule has 0 aromatic rings. The minimum atomic E-state index is 0.205. The zero-order valence-electron chi connectivity index (χ0n) is 11.3. The molecule has 17 heavy (non-hydrogen) atoms. The van der Waals surface area contributed by atoms with E-state index < -0.39 is 0 Å². The van der Waals surface area contributed by atoms with Crippen LogP contribution in [0.5, 0.6) is 0 Å². The highest BCUT2D eigenvalue weighted by molar-refractivity contribution is 5.80. The summed E-state index contributed by atoms with van der Waals surface area (Å²) in [7, 11) is 4.22. The van der Waals surface area contributed by atoms with Crippen molar-refractivity contribution in [3.8, 4) is 0 Å². The fraction of sp³-hybridized carbons (Fsp3) is 0.923. The lowest BCUT2D eigenvalue weighted by molar-refractivity contribution is -0.137. The maximum Gasteiger partial charge on any atom is 0.227 e. The van der Waals surface area contributed by atoms with Crippen molar-refractivity contribution in [3.63, 3.8) is 0 Å². The topological polar surface area (TPSA) is 35.6 Å². The van der Waals surface area contributed by atoms with Gasteiger partial charge in [-0.1, -0.05) is 0 Å². The molecule has 3 unspecified atom stereocenters. The van der Waals surface area contributed by atoms with E-state index in [1.807, 2.05) is 0 Å². The molecule has 2 rings (SSSR count). The molecule has 1 N–H and O–H groups in total. The molecule has 2 heterocycles. The molecule has 2 aliphatic heterocycles. The molecule has 0 aromatic heterocycles. The van der Waals surface area contributed by atoms with Crippen molar-refractivity contribution >= 4 is 5.91 Å². The Kier molecular flexibility index (Phi) is 4.05. The smallest absolute Gasteiger partial charge is 0.227 e. The predicted octanol–water partition coefficient (Wildman–Crippen LogP) is 0.537. The number of rotatable bonds is 2. The van der Waals surface area contributed by atoms with E-state index in [1.165, 1.54) is 6.42 Å². The van der Waals surface area contributed by atoms with Crippen LogP contribution in [-0.4, -0.2) is 61.5 Å². The van der Waals surface area contributed by atoms with Crippen molar-refractivity contribution in [3.05, 3.63) is 0 Å². The Morgan fingerprint density at radius 1 is 1.35 bits per heavy atom. The molecule has 0 saturated carbocycles. The summed E-state index contributed by atoms with van der Waals surface area (Å²) in [6, 6.07) is 0.889. The molecule has 2 saturated heterocycles. The second-order valence-corrected chi connectivity index (χ2v) is 5.68. The zero-order chi connectivity index (χ0) is 12.4. The number of hydrogen-bond acceptors (Lipinski definition) is 3. The quantitative estimate of drug-likeness (QED) is 0.764. The summed E-state index contributed by atoms with van der Waals surface area (Å²) in [5, 5.41) is 3.37. The highest BCUT2D eigenvalue weighted by Crippen LogP contribution is 2.21. The molecule has 0 radical (unpaired) electrons. The molecule has 0 spiro atoms. The summed E-state index contributed by atoms with van der Waals surface area (Å²) in [6.45, 7) is 4.98. The van der Waals surface area contributed by atoms with Gasteiger partial charge in [-0.2, -0.15) is 0 Å². The number of nitrogens with one attached hydrogen (secondary N) is 1. The predicted molar refractivity (Wildman–Crippen MR) is 68.9 cm³/mol. The first-order valence-corrected chi connectivity index (χ1v) is 6.78. The number of likely N-dealkylation sites (tertiary alicyclic amines) is 1. The number of hydrogen-bond donors (Lipinski definition) is 1. The molecule has 0 bridgehead atoms. The van der Waals surface area contributed by atoms with Gasteiger partial charge in [-0.3, -0.25) is 4.79 Å². The van der Waals surface area contributed by atoms with Crippen molar-refractivity contribution in [1.82, 2.24) is 15.1 Å². The summed E-state index contributed by atoms with van der Waals surface area (Å²) < 4.78 is 0. The summed E-state index contributed by atoms with van der Waals surface area (Å²) >= 11 is 0. The molecule has 4 heteroatoms. The molecule has 4 nitrogen and oxygen atoms in total. The third-order valence-electron chi connectivity index (χ3n) is 4.28. The molecule has 1 amide bonds. The summed E-state index contributed by atoms with van der Waals surface area (Å²) in [5.41, 5.74) is 0. The Hall–Kier alpha value is -0.610. The van der Waals surface area contributed by atoms with E-state index in [9.17, 15) is 4.79 Å². The van der Waals surface area contributed by atoms with Crippen LogP contribution in [0.2, 0.25) is 0 Å². The van der Waals surface area contributed by atoms with E-state index in [4.69, 9.17) is 0 Å². The number of piperidine rings is 1. The highest BCUT2D eigenvalue weighted by atomic mass is 16.2. The second-order valence-electron chi connectivity index (χ2n) is 5.68. The van der Waals surface area contributed by atoms with Crippen LogP contribution in [0, 0.1) is 5.92 Å². The minimum absolute atomic E-state index is 0.205. The van der Waals surface area contributed by atoms with Gasteiger partial charge >= 0.3 is 0 Å². The van der Waals surface area contributed by atoms with Gasteiger partial charge in [-0.05, 0) is 46.8 Å². The van der Waals surface area contributed by atoms with E-state index in [0.29, 0.717) is 18.0 Å². The fourth-order valence-corrected chi connectivity index (χ4v) is 3.01. The minimum Gasteiger partial charge on any atom is -0.341 e. The van der Waals surface area contributed by atoms with Crippen LogP contribution < -0.4 is 5.32 Å². The van der Waals surface area contributed by atoms with Crippen LogP contribution in [0.4, 0.5) is 0 Å². The van der Waals surface area contributed by atoms with Gasteiger partial charge in [0.25, 0.3) is 0 Å². The zero-order valence-corrected chi connectivity index (χ0v) is 11.3. The molecular formula is C13H25N3O. The van der Waals surface area contributed by atoms with Crippen molar-refractivity contribution in [1.29, 1.82) is 0 Å². The first-order valence-electron chi connectivity index (χ1n) is 6.78. The molecule has 3 atom stereocenters. The van der Waals surface area contributed by atoms with Crippen molar-refractivity contribution < 1.29 is 4.79 Å². The van der Waals surface area contributed by atoms with Crippen LogP contribution in [0.25, 0.3) is 0 Å². The van der Waals surface area contributed by atoms with E-state index in [2.05, 4.69) is 36.1 Å². The van der Waals surface area contributed by atoms with E-state index in [1.54, 1.807) is 0 Å². The van der Waals surface area contributed by atoms with Gasteiger partial charge in [0, 0.05) is 25.2 Å². The van der Waals surface area contributed by atoms with Gasteiger partial charge in [0.2, 0.25) is 5.91 Å². The maximum atomic E-state index is 12.4. The lowest BCUT2D eigenvalue weighted by Crippen LogP contribution is -2.50. The lowest BCUT2D eigenvalue weighted by Gasteiger charge is -2.37. The third-order valence-corrected chi connectivity index (χ3v) is 4.28. The third kappa shape index (κ3) is 2.80. The van der Waals surface area contributed by atoms with Crippen LogP contribution >= 0.6 is 0 Å². The molecule has 98 valence electrons. The van der Waals surface area contributed by atoms with E-state index in [-0.39, 0.29) is 5.92 Å². The van der Waals surface area contributed by atoms with Crippen LogP contribution in [-0.2, 0) is 4.79 Å². The molecule has 2 aliphatic rings. The number of amides is 1. The second kappa shape index (κ2) is 5.36. The first-order chi connectivity index (χ1) is 8.09. The number of carbonyl (C=O) groups excluding carboxylic acids is 1. The number of likely N-dealkylation sites (N-methyl/N-ethyl adjacent to an activating group) is 1. The number of nitrogens with zero attached hydrogens (tertiary/aromatic N) is 2. The van der Waals surface area contributed by atoms with E-state index >= 15 is 0 Å². The molecule has 0 aliphatic carbocycles. The monoisotopic (exact) mass is 239 g/mol. The molecule has 0 aromatic carbocycles. The lowest BCUT2D eigenvalue weighted by atomic mass is 9.97. The van der Waals surface area contributed by atoms with Gasteiger partial charge in [0.05, 0.1) is 5.92 Å². The Morgan fingerprint density at radius 2 is 2.12 bits per heavy atom.